The predicted molar refractivity (Wildman–Crippen MR) is 132 cm³/mol. The third-order valence-corrected chi connectivity index (χ3v) is 6.19. The summed E-state index contributed by atoms with van der Waals surface area (Å²) in [5.74, 6) is 0.821. The molecule has 0 aromatic heterocycles. The van der Waals surface area contributed by atoms with Crippen LogP contribution in [0.4, 0.5) is 0 Å². The lowest BCUT2D eigenvalue weighted by molar-refractivity contribution is 0.0954. The molecule has 3 aromatic carbocycles. The smallest absolute Gasteiger partial charge is 0.251 e. The average molecular weight is 444 g/mol. The summed E-state index contributed by atoms with van der Waals surface area (Å²) >= 11 is 0. The van der Waals surface area contributed by atoms with Crippen molar-refractivity contribution in [3.05, 3.63) is 101 Å². The molecule has 5 nitrogen and oxygen atoms in total. The molecular formula is C28H33N3O2. The zero-order valence-electron chi connectivity index (χ0n) is 19.4. The van der Waals surface area contributed by atoms with Gasteiger partial charge in [0.1, 0.15) is 5.75 Å². The first-order valence-corrected chi connectivity index (χ1v) is 11.7. The monoisotopic (exact) mass is 443 g/mol. The summed E-state index contributed by atoms with van der Waals surface area (Å²) in [5.41, 5.74) is 4.52. The number of nitrogens with one attached hydrogen (secondary N) is 1. The summed E-state index contributed by atoms with van der Waals surface area (Å²) in [6, 6.07) is 26.6. The van der Waals surface area contributed by atoms with E-state index in [1.165, 1.54) is 16.7 Å². The molecule has 1 fully saturated rings. The van der Waals surface area contributed by atoms with Crippen LogP contribution in [0, 0.1) is 0 Å². The number of carbonyl (C=O) groups is 1. The van der Waals surface area contributed by atoms with Crippen LogP contribution in [0.5, 0.6) is 5.75 Å². The van der Waals surface area contributed by atoms with E-state index < -0.39 is 0 Å². The molecule has 0 spiro atoms. The molecule has 3 aromatic rings. The van der Waals surface area contributed by atoms with Gasteiger partial charge in [0.15, 0.2) is 0 Å². The van der Waals surface area contributed by atoms with Crippen LogP contribution in [0.3, 0.4) is 0 Å². The molecule has 1 heterocycles. The highest BCUT2D eigenvalue weighted by atomic mass is 16.5. The van der Waals surface area contributed by atoms with Crippen LogP contribution in [0.2, 0.25) is 0 Å². The number of nitrogens with zero attached hydrogens (tertiary/aromatic N) is 2. The maximum atomic E-state index is 12.5. The molecule has 5 heteroatoms. The standard InChI is InChI=1S/C28H33N3O2/c1-33-27-13-9-23(10-14-27)15-16-29-28(32)26-11-7-25(8-12-26)22-31-19-17-30(18-20-31)21-24-5-3-2-4-6-24/h2-14H,15-22H2,1H3,(H,29,32). The molecule has 33 heavy (non-hydrogen) atoms. The number of ether oxygens (including phenoxy) is 1. The summed E-state index contributed by atoms with van der Waals surface area (Å²) in [6.07, 6.45) is 0.796. The number of hydrogen-bond donors (Lipinski definition) is 1. The van der Waals surface area contributed by atoms with Gasteiger partial charge < -0.3 is 10.1 Å². The van der Waals surface area contributed by atoms with Gasteiger partial charge in [-0.25, -0.2) is 0 Å². The van der Waals surface area contributed by atoms with E-state index in [1.807, 2.05) is 36.4 Å². The highest BCUT2D eigenvalue weighted by Crippen LogP contribution is 2.13. The van der Waals surface area contributed by atoms with E-state index in [-0.39, 0.29) is 5.91 Å². The highest BCUT2D eigenvalue weighted by molar-refractivity contribution is 5.94. The molecule has 0 radical (unpaired) electrons. The summed E-state index contributed by atoms with van der Waals surface area (Å²) in [6.45, 7) is 6.88. The molecule has 0 aliphatic carbocycles. The number of carbonyl (C=O) groups excluding carboxylic acids is 1. The lowest BCUT2D eigenvalue weighted by atomic mass is 10.1. The van der Waals surface area contributed by atoms with Gasteiger partial charge in [0.05, 0.1) is 7.11 Å². The topological polar surface area (TPSA) is 44.8 Å². The molecule has 1 saturated heterocycles. The van der Waals surface area contributed by atoms with Gasteiger partial charge in [0.2, 0.25) is 0 Å². The van der Waals surface area contributed by atoms with E-state index in [4.69, 9.17) is 4.74 Å². The lowest BCUT2D eigenvalue weighted by Gasteiger charge is -2.34. The first-order chi connectivity index (χ1) is 16.2. The summed E-state index contributed by atoms with van der Waals surface area (Å²) in [7, 11) is 1.66. The SMILES string of the molecule is COc1ccc(CCNC(=O)c2ccc(CN3CCN(Cc4ccccc4)CC3)cc2)cc1. The predicted octanol–water partition coefficient (Wildman–Crippen LogP) is 3.99. The van der Waals surface area contributed by atoms with Crippen molar-refractivity contribution in [2.75, 3.05) is 39.8 Å². The maximum absolute atomic E-state index is 12.5. The first kappa shape index (κ1) is 23.0. The van der Waals surface area contributed by atoms with Crippen LogP contribution in [0.25, 0.3) is 0 Å². The van der Waals surface area contributed by atoms with E-state index >= 15 is 0 Å². The largest absolute Gasteiger partial charge is 0.497 e. The molecule has 172 valence electrons. The minimum Gasteiger partial charge on any atom is -0.497 e. The minimum atomic E-state index is -0.0235. The van der Waals surface area contributed by atoms with E-state index in [0.29, 0.717) is 12.1 Å². The Labute approximate surface area is 197 Å². The van der Waals surface area contributed by atoms with Crippen molar-refractivity contribution >= 4 is 5.91 Å². The zero-order valence-corrected chi connectivity index (χ0v) is 19.4. The van der Waals surface area contributed by atoms with Crippen molar-refractivity contribution in [2.24, 2.45) is 0 Å². The van der Waals surface area contributed by atoms with Gasteiger partial charge in [-0.1, -0.05) is 54.6 Å². The van der Waals surface area contributed by atoms with Crippen LogP contribution in [0.15, 0.2) is 78.9 Å². The molecule has 4 rings (SSSR count). The third kappa shape index (κ3) is 6.91. The minimum absolute atomic E-state index is 0.0235. The van der Waals surface area contributed by atoms with Gasteiger partial charge in [-0.15, -0.1) is 0 Å². The van der Waals surface area contributed by atoms with Gasteiger partial charge in [0.25, 0.3) is 5.91 Å². The van der Waals surface area contributed by atoms with Crippen molar-refractivity contribution in [1.82, 2.24) is 15.1 Å². The van der Waals surface area contributed by atoms with Crippen LogP contribution in [0.1, 0.15) is 27.0 Å². The van der Waals surface area contributed by atoms with Gasteiger partial charge >= 0.3 is 0 Å². The molecule has 0 atom stereocenters. The number of methoxy groups -OCH3 is 1. The number of piperazine rings is 1. The maximum Gasteiger partial charge on any atom is 0.251 e. The lowest BCUT2D eigenvalue weighted by Crippen LogP contribution is -2.45. The van der Waals surface area contributed by atoms with E-state index in [0.717, 1.165) is 51.4 Å². The van der Waals surface area contributed by atoms with Crippen LogP contribution < -0.4 is 10.1 Å². The Kier molecular flexibility index (Phi) is 8.12. The zero-order chi connectivity index (χ0) is 22.9. The Morgan fingerprint density at radius 1 is 0.758 bits per heavy atom. The first-order valence-electron chi connectivity index (χ1n) is 11.7. The van der Waals surface area contributed by atoms with E-state index in [9.17, 15) is 4.79 Å². The number of hydrogen-bond acceptors (Lipinski definition) is 4. The van der Waals surface area contributed by atoms with Gasteiger partial charge in [-0.2, -0.15) is 0 Å². The fourth-order valence-corrected chi connectivity index (χ4v) is 4.18. The molecule has 0 bridgehead atoms. The summed E-state index contributed by atoms with van der Waals surface area (Å²) in [5, 5.41) is 3.02. The normalized spacial score (nSPS) is 14.7. The van der Waals surface area contributed by atoms with Crippen molar-refractivity contribution < 1.29 is 9.53 Å². The quantitative estimate of drug-likeness (QED) is 0.543. The number of amides is 1. The van der Waals surface area contributed by atoms with Crippen LogP contribution in [-0.2, 0) is 19.5 Å². The highest BCUT2D eigenvalue weighted by Gasteiger charge is 2.17. The van der Waals surface area contributed by atoms with Crippen molar-refractivity contribution in [1.29, 1.82) is 0 Å². The molecule has 0 saturated carbocycles. The van der Waals surface area contributed by atoms with E-state index in [1.54, 1.807) is 7.11 Å². The third-order valence-electron chi connectivity index (χ3n) is 6.19. The Balaban J connectivity index is 1.18. The van der Waals surface area contributed by atoms with Gasteiger partial charge in [0, 0.05) is 51.4 Å². The Hall–Kier alpha value is -3.15. The number of rotatable bonds is 9. The number of benzene rings is 3. The second-order valence-corrected chi connectivity index (χ2v) is 8.59. The van der Waals surface area contributed by atoms with Crippen molar-refractivity contribution in [3.8, 4) is 5.75 Å². The summed E-state index contributed by atoms with van der Waals surface area (Å²) < 4.78 is 5.18. The average Bonchev–Trinajstić information content (AvgIpc) is 2.87. The van der Waals surface area contributed by atoms with Gasteiger partial charge in [-0.05, 0) is 47.4 Å². The molecular weight excluding hydrogens is 410 g/mol. The Morgan fingerprint density at radius 2 is 1.30 bits per heavy atom. The Bertz CT molecular complexity index is 996. The van der Waals surface area contributed by atoms with Crippen LogP contribution in [-0.4, -0.2) is 55.5 Å². The van der Waals surface area contributed by atoms with Crippen LogP contribution >= 0.6 is 0 Å². The molecule has 1 aliphatic rings. The second-order valence-electron chi connectivity index (χ2n) is 8.59. The van der Waals surface area contributed by atoms with Crippen molar-refractivity contribution in [2.45, 2.75) is 19.5 Å². The fourth-order valence-electron chi connectivity index (χ4n) is 4.18. The molecule has 1 amide bonds. The Morgan fingerprint density at radius 3 is 1.88 bits per heavy atom. The molecule has 1 N–H and O–H groups in total. The van der Waals surface area contributed by atoms with E-state index in [2.05, 4.69) is 57.6 Å². The molecule has 1 aliphatic heterocycles. The summed E-state index contributed by atoms with van der Waals surface area (Å²) in [4.78, 5) is 17.5. The molecule has 0 unspecified atom stereocenters. The van der Waals surface area contributed by atoms with Gasteiger partial charge in [-0.3, -0.25) is 14.6 Å². The second kappa shape index (κ2) is 11.6. The van der Waals surface area contributed by atoms with Crippen molar-refractivity contribution in [3.63, 3.8) is 0 Å². The fraction of sp³-hybridized carbons (Fsp3) is 0.321.